The van der Waals surface area contributed by atoms with E-state index < -0.39 is 5.91 Å². The molecule has 164 valence electrons. The molecule has 2 amide bonds. The molecule has 8 heteroatoms. The summed E-state index contributed by atoms with van der Waals surface area (Å²) in [6.07, 6.45) is 7.11. The van der Waals surface area contributed by atoms with Crippen molar-refractivity contribution in [1.29, 1.82) is 0 Å². The number of carbonyl (C=O) groups excluding carboxylic acids is 2. The van der Waals surface area contributed by atoms with Crippen molar-refractivity contribution in [3.8, 4) is 17.0 Å². The summed E-state index contributed by atoms with van der Waals surface area (Å²) in [5.41, 5.74) is 13.6. The number of ether oxygens (including phenoxy) is 1. The van der Waals surface area contributed by atoms with Gasteiger partial charge in [-0.05, 0) is 68.9 Å². The van der Waals surface area contributed by atoms with Gasteiger partial charge in [-0.2, -0.15) is 5.10 Å². The van der Waals surface area contributed by atoms with E-state index >= 15 is 0 Å². The first-order chi connectivity index (χ1) is 15.0. The maximum absolute atomic E-state index is 12.2. The molecule has 1 saturated carbocycles. The summed E-state index contributed by atoms with van der Waals surface area (Å²) < 4.78 is 7.55. The zero-order chi connectivity index (χ0) is 22.0. The van der Waals surface area contributed by atoms with Crippen molar-refractivity contribution in [2.45, 2.75) is 50.7 Å². The van der Waals surface area contributed by atoms with Crippen LogP contribution in [-0.4, -0.2) is 45.7 Å². The predicted octanol–water partition coefficient (Wildman–Crippen LogP) is 2.90. The van der Waals surface area contributed by atoms with Gasteiger partial charge in [0.25, 0.3) is 5.91 Å². The number of nitrogen functional groups attached to an aromatic ring is 1. The fourth-order valence-corrected chi connectivity index (χ4v) is 4.13. The van der Waals surface area contributed by atoms with E-state index in [1.807, 2.05) is 29.2 Å². The summed E-state index contributed by atoms with van der Waals surface area (Å²) in [7, 11) is 0. The third-order valence-electron chi connectivity index (χ3n) is 5.91. The molecule has 2 aliphatic rings. The van der Waals surface area contributed by atoms with Gasteiger partial charge in [-0.3, -0.25) is 9.59 Å². The van der Waals surface area contributed by atoms with E-state index in [0.29, 0.717) is 30.7 Å². The van der Waals surface area contributed by atoms with Crippen LogP contribution in [0.25, 0.3) is 11.3 Å². The van der Waals surface area contributed by atoms with Gasteiger partial charge in [0, 0.05) is 18.7 Å². The second kappa shape index (κ2) is 8.83. The zero-order valence-electron chi connectivity index (χ0n) is 17.6. The maximum atomic E-state index is 12.2. The number of amides is 2. The average molecular weight is 424 g/mol. The van der Waals surface area contributed by atoms with Crippen molar-refractivity contribution >= 4 is 17.6 Å². The number of likely N-dealkylation sites (tertiary alicyclic amines) is 1. The van der Waals surface area contributed by atoms with Crippen molar-refractivity contribution in [1.82, 2.24) is 14.7 Å². The van der Waals surface area contributed by atoms with E-state index in [9.17, 15) is 9.59 Å². The van der Waals surface area contributed by atoms with Gasteiger partial charge in [-0.15, -0.1) is 0 Å². The van der Waals surface area contributed by atoms with Crippen LogP contribution in [0.15, 0.2) is 36.9 Å². The number of rotatable bonds is 6. The van der Waals surface area contributed by atoms with E-state index in [4.69, 9.17) is 21.3 Å². The summed E-state index contributed by atoms with van der Waals surface area (Å²) in [6.45, 7) is 4.91. The summed E-state index contributed by atoms with van der Waals surface area (Å²) in [5.74, 6) is 0.471. The van der Waals surface area contributed by atoms with Crippen molar-refractivity contribution in [3.05, 3.63) is 42.5 Å². The lowest BCUT2D eigenvalue weighted by Crippen LogP contribution is -2.33. The zero-order valence-corrected chi connectivity index (χ0v) is 17.6. The molecule has 0 atom stereocenters. The van der Waals surface area contributed by atoms with Crippen molar-refractivity contribution in [2.75, 3.05) is 18.8 Å². The molecule has 1 aromatic carbocycles. The summed E-state index contributed by atoms with van der Waals surface area (Å²) in [5, 5.41) is 4.72. The van der Waals surface area contributed by atoms with E-state index in [1.165, 1.54) is 6.08 Å². The number of hydrogen-bond acceptors (Lipinski definition) is 5. The molecule has 1 aliphatic heterocycles. The predicted molar refractivity (Wildman–Crippen MR) is 119 cm³/mol. The van der Waals surface area contributed by atoms with Gasteiger partial charge in [0.1, 0.15) is 22.8 Å². The Morgan fingerprint density at radius 2 is 1.74 bits per heavy atom. The Bertz CT molecular complexity index is 968. The summed E-state index contributed by atoms with van der Waals surface area (Å²) in [6, 6.07) is 7.58. The smallest absolute Gasteiger partial charge is 0.254 e. The number of nitrogens with two attached hydrogens (primary N) is 2. The maximum Gasteiger partial charge on any atom is 0.254 e. The van der Waals surface area contributed by atoms with Gasteiger partial charge in [0.05, 0.1) is 12.1 Å². The Hall–Kier alpha value is -3.29. The fraction of sp³-hybridized carbons (Fsp3) is 0.435. The molecule has 4 rings (SSSR count). The number of benzene rings is 1. The molecule has 0 bridgehead atoms. The van der Waals surface area contributed by atoms with E-state index in [-0.39, 0.29) is 17.5 Å². The third-order valence-corrected chi connectivity index (χ3v) is 5.91. The molecule has 2 aromatic rings. The van der Waals surface area contributed by atoms with Crippen LogP contribution in [0.1, 0.15) is 54.9 Å². The number of hydrogen-bond donors (Lipinski definition) is 2. The first-order valence-electron chi connectivity index (χ1n) is 10.8. The molecule has 1 saturated heterocycles. The van der Waals surface area contributed by atoms with Crippen LogP contribution in [0.5, 0.6) is 5.75 Å². The van der Waals surface area contributed by atoms with Gasteiger partial charge in [0.15, 0.2) is 0 Å². The lowest BCUT2D eigenvalue weighted by atomic mass is 10.0. The third kappa shape index (κ3) is 4.57. The van der Waals surface area contributed by atoms with E-state index in [2.05, 4.69) is 6.58 Å². The van der Waals surface area contributed by atoms with Gasteiger partial charge in [0.2, 0.25) is 5.91 Å². The molecule has 31 heavy (non-hydrogen) atoms. The average Bonchev–Trinajstić information content (AvgIpc) is 3.48. The lowest BCUT2D eigenvalue weighted by Gasteiger charge is -2.27. The van der Waals surface area contributed by atoms with Crippen LogP contribution in [0.3, 0.4) is 0 Å². The molecule has 2 heterocycles. The minimum absolute atomic E-state index is 0.0375. The van der Waals surface area contributed by atoms with Crippen LogP contribution in [-0.2, 0) is 4.79 Å². The topological polar surface area (TPSA) is 116 Å². The van der Waals surface area contributed by atoms with Gasteiger partial charge >= 0.3 is 0 Å². The monoisotopic (exact) mass is 423 g/mol. The second-order valence-corrected chi connectivity index (χ2v) is 8.23. The first-order valence-corrected chi connectivity index (χ1v) is 10.8. The molecular weight excluding hydrogens is 394 g/mol. The molecule has 0 unspecified atom stereocenters. The fourth-order valence-electron chi connectivity index (χ4n) is 4.13. The Labute approximate surface area is 181 Å². The Balaban J connectivity index is 1.57. The number of aromatic nitrogens is 2. The van der Waals surface area contributed by atoms with Crippen LogP contribution in [0.4, 0.5) is 5.82 Å². The van der Waals surface area contributed by atoms with Crippen molar-refractivity contribution in [3.63, 3.8) is 0 Å². The minimum atomic E-state index is -0.592. The summed E-state index contributed by atoms with van der Waals surface area (Å²) in [4.78, 5) is 26.0. The Morgan fingerprint density at radius 1 is 1.10 bits per heavy atom. The normalized spacial score (nSPS) is 17.6. The largest absolute Gasteiger partial charge is 0.490 e. The molecule has 0 radical (unpaired) electrons. The number of carbonyl (C=O) groups is 2. The highest BCUT2D eigenvalue weighted by Gasteiger charge is 2.27. The summed E-state index contributed by atoms with van der Waals surface area (Å²) >= 11 is 0. The highest BCUT2D eigenvalue weighted by Crippen LogP contribution is 2.34. The van der Waals surface area contributed by atoms with Gasteiger partial charge < -0.3 is 21.1 Å². The highest BCUT2D eigenvalue weighted by atomic mass is 16.5. The van der Waals surface area contributed by atoms with Gasteiger partial charge in [-0.25, -0.2) is 4.68 Å². The van der Waals surface area contributed by atoms with E-state index in [1.54, 1.807) is 4.68 Å². The molecule has 8 nitrogen and oxygen atoms in total. The molecule has 1 aromatic heterocycles. The highest BCUT2D eigenvalue weighted by molar-refractivity contribution is 6.03. The molecule has 1 aliphatic carbocycles. The Kier molecular flexibility index (Phi) is 5.97. The number of primary amides is 1. The van der Waals surface area contributed by atoms with Gasteiger partial charge in [-0.1, -0.05) is 6.58 Å². The van der Waals surface area contributed by atoms with Crippen LogP contribution >= 0.6 is 0 Å². The minimum Gasteiger partial charge on any atom is -0.490 e. The standard InChI is InChI=1S/C23H29N5O3/c1-2-19(29)27-13-3-5-16(6-4-14-27)28-22(24)20(23(25)30)21(26-28)15-7-9-17(10-8-15)31-18-11-12-18/h2,7-10,16,18H,1,3-6,11-14,24H2,(H2,25,30). The molecule has 4 N–H and O–H groups in total. The molecule has 2 fully saturated rings. The van der Waals surface area contributed by atoms with Crippen molar-refractivity contribution < 1.29 is 14.3 Å². The van der Waals surface area contributed by atoms with Crippen LogP contribution in [0, 0.1) is 0 Å². The number of anilines is 1. The first kappa shape index (κ1) is 21.0. The Morgan fingerprint density at radius 3 is 2.29 bits per heavy atom. The quantitative estimate of drug-likeness (QED) is 0.693. The second-order valence-electron chi connectivity index (χ2n) is 8.23. The number of nitrogens with zero attached hydrogens (tertiary/aromatic N) is 3. The van der Waals surface area contributed by atoms with E-state index in [0.717, 1.165) is 49.8 Å². The lowest BCUT2D eigenvalue weighted by molar-refractivity contribution is -0.126. The van der Waals surface area contributed by atoms with Crippen LogP contribution in [0.2, 0.25) is 0 Å². The van der Waals surface area contributed by atoms with Crippen molar-refractivity contribution in [2.24, 2.45) is 5.73 Å². The molecule has 0 spiro atoms. The SMILES string of the molecule is C=CC(=O)N1CCCC(n2nc(-c3ccc(OC4CC4)cc3)c(C(N)=O)c2N)CCC1. The van der Waals surface area contributed by atoms with Crippen LogP contribution < -0.4 is 16.2 Å². The molecular formula is C23H29N5O3.